The van der Waals surface area contributed by atoms with E-state index in [4.69, 9.17) is 0 Å². The molecule has 2 rings (SSSR count). The highest BCUT2D eigenvalue weighted by Gasteiger charge is 2.37. The number of hydrogen-bond donors (Lipinski definition) is 2. The van der Waals surface area contributed by atoms with Crippen molar-refractivity contribution in [3.63, 3.8) is 0 Å². The van der Waals surface area contributed by atoms with E-state index in [1.165, 1.54) is 6.07 Å². The van der Waals surface area contributed by atoms with Gasteiger partial charge in [0.2, 0.25) is 0 Å². The summed E-state index contributed by atoms with van der Waals surface area (Å²) in [5.74, 6) is 2.96. The van der Waals surface area contributed by atoms with Crippen LogP contribution in [0.3, 0.4) is 0 Å². The summed E-state index contributed by atoms with van der Waals surface area (Å²) < 4.78 is 40.1. The number of amides is 1. The van der Waals surface area contributed by atoms with Gasteiger partial charge in [-0.15, -0.1) is 0 Å². The summed E-state index contributed by atoms with van der Waals surface area (Å²) in [7, 11) is -4.20. The Morgan fingerprint density at radius 1 is 1.43 bits per heavy atom. The van der Waals surface area contributed by atoms with E-state index < -0.39 is 39.9 Å². The minimum atomic E-state index is -4.20. The molecule has 1 aromatic rings. The molecule has 0 unspecified atom stereocenters. The Morgan fingerprint density at radius 2 is 2.10 bits per heavy atom. The molecule has 1 aliphatic rings. The molecule has 1 heterocycles. The molecule has 1 fully saturated rings. The van der Waals surface area contributed by atoms with Crippen molar-refractivity contribution < 1.29 is 22.7 Å². The second-order valence-corrected chi connectivity index (χ2v) is 6.35. The zero-order valence-electron chi connectivity index (χ0n) is 11.3. The molecular weight excluding hydrogens is 299 g/mol. The molecule has 0 aliphatic carbocycles. The molecule has 21 heavy (non-hydrogen) atoms. The number of halogens is 1. The van der Waals surface area contributed by atoms with Gasteiger partial charge in [-0.05, 0) is 12.1 Å². The van der Waals surface area contributed by atoms with Crippen LogP contribution in [0.4, 0.5) is 10.1 Å². The van der Waals surface area contributed by atoms with Gasteiger partial charge in [-0.25, -0.2) is 13.4 Å². The molecule has 6 nitrogen and oxygen atoms in total. The summed E-state index contributed by atoms with van der Waals surface area (Å²) in [6.07, 6.45) is 0. The quantitative estimate of drug-likeness (QED) is 0.748. The van der Waals surface area contributed by atoms with E-state index in [0.717, 1.165) is 6.07 Å². The standard InChI is InChI=1S/C13H13FN2O4S/c1-8(2)3-4-9-5-6-10(17)13(12(9)14)16-7-11(18)15-21(16,19)20/h5-6,8,17H,7H2,1-2H3,(H,15,18). The fourth-order valence-corrected chi connectivity index (χ4v) is 2.92. The monoisotopic (exact) mass is 312 g/mol. The Hall–Kier alpha value is -2.27. The van der Waals surface area contributed by atoms with Crippen molar-refractivity contribution in [2.75, 3.05) is 10.8 Å². The maximum absolute atomic E-state index is 14.4. The first-order valence-electron chi connectivity index (χ1n) is 6.08. The van der Waals surface area contributed by atoms with Gasteiger partial charge in [-0.3, -0.25) is 4.79 Å². The zero-order chi connectivity index (χ0) is 15.8. The summed E-state index contributed by atoms with van der Waals surface area (Å²) >= 11 is 0. The van der Waals surface area contributed by atoms with Crippen LogP contribution in [0.15, 0.2) is 12.1 Å². The highest BCUT2D eigenvalue weighted by molar-refractivity contribution is 7.92. The molecule has 0 saturated carbocycles. The van der Waals surface area contributed by atoms with E-state index in [1.807, 2.05) is 13.8 Å². The van der Waals surface area contributed by atoms with Crippen molar-refractivity contribution in [3.05, 3.63) is 23.5 Å². The SMILES string of the molecule is CC(C)C#Cc1ccc(O)c(N2CC(=O)NS2(=O)=O)c1F. The smallest absolute Gasteiger partial charge is 0.326 e. The lowest BCUT2D eigenvalue weighted by Crippen LogP contribution is -2.30. The first kappa shape index (κ1) is 15.1. The molecule has 8 heteroatoms. The van der Waals surface area contributed by atoms with Crippen molar-refractivity contribution in [3.8, 4) is 17.6 Å². The number of phenolic OH excluding ortho intramolecular Hbond substituents is 1. The average Bonchev–Trinajstić information content (AvgIpc) is 2.61. The lowest BCUT2D eigenvalue weighted by molar-refractivity contribution is -0.117. The fourth-order valence-electron chi connectivity index (χ4n) is 1.76. The van der Waals surface area contributed by atoms with E-state index >= 15 is 0 Å². The van der Waals surface area contributed by atoms with Gasteiger partial charge in [0.1, 0.15) is 18.0 Å². The highest BCUT2D eigenvalue weighted by atomic mass is 32.2. The van der Waals surface area contributed by atoms with Gasteiger partial charge in [0.05, 0.1) is 5.56 Å². The third-order valence-electron chi connectivity index (χ3n) is 2.66. The topological polar surface area (TPSA) is 86.7 Å². The number of phenols is 1. The lowest BCUT2D eigenvalue weighted by atomic mass is 10.1. The number of hydrogen-bond acceptors (Lipinski definition) is 4. The van der Waals surface area contributed by atoms with Crippen molar-refractivity contribution in [1.29, 1.82) is 0 Å². The van der Waals surface area contributed by atoms with Crippen molar-refractivity contribution in [2.24, 2.45) is 5.92 Å². The fraction of sp³-hybridized carbons (Fsp3) is 0.308. The number of aromatic hydroxyl groups is 1. The number of benzene rings is 1. The summed E-state index contributed by atoms with van der Waals surface area (Å²) in [5.41, 5.74) is -0.630. The first-order valence-corrected chi connectivity index (χ1v) is 7.52. The number of carbonyl (C=O) groups is 1. The molecule has 1 aromatic carbocycles. The predicted molar refractivity (Wildman–Crippen MR) is 74.2 cm³/mol. The van der Waals surface area contributed by atoms with Crippen molar-refractivity contribution in [1.82, 2.24) is 4.72 Å². The maximum atomic E-state index is 14.4. The van der Waals surface area contributed by atoms with E-state index in [0.29, 0.717) is 4.31 Å². The summed E-state index contributed by atoms with van der Waals surface area (Å²) in [6, 6.07) is 2.39. The van der Waals surface area contributed by atoms with Gasteiger partial charge < -0.3 is 5.11 Å². The highest BCUT2D eigenvalue weighted by Crippen LogP contribution is 2.34. The van der Waals surface area contributed by atoms with Crippen molar-refractivity contribution >= 4 is 21.8 Å². The minimum absolute atomic E-state index is 0.000386. The largest absolute Gasteiger partial charge is 0.506 e. The predicted octanol–water partition coefficient (Wildman–Crippen LogP) is 0.720. The molecule has 2 N–H and O–H groups in total. The van der Waals surface area contributed by atoms with E-state index in [2.05, 4.69) is 11.8 Å². The second-order valence-electron chi connectivity index (χ2n) is 4.76. The number of rotatable bonds is 1. The second kappa shape index (κ2) is 5.26. The van der Waals surface area contributed by atoms with E-state index in [9.17, 15) is 22.7 Å². The van der Waals surface area contributed by atoms with Gasteiger partial charge in [0.15, 0.2) is 5.82 Å². The lowest BCUT2D eigenvalue weighted by Gasteiger charge is -2.17. The Kier molecular flexibility index (Phi) is 3.78. The third kappa shape index (κ3) is 2.92. The normalized spacial score (nSPS) is 16.6. The number of anilines is 1. The molecule has 1 aliphatic heterocycles. The molecule has 1 amide bonds. The summed E-state index contributed by atoms with van der Waals surface area (Å²) in [5, 5.41) is 9.74. The van der Waals surface area contributed by atoms with Gasteiger partial charge in [0.25, 0.3) is 5.91 Å². The molecule has 1 saturated heterocycles. The van der Waals surface area contributed by atoms with Gasteiger partial charge in [-0.1, -0.05) is 25.7 Å². The number of nitrogens with zero attached hydrogens (tertiary/aromatic N) is 1. The Balaban J connectivity index is 2.58. The number of nitrogens with one attached hydrogen (secondary N) is 1. The van der Waals surface area contributed by atoms with Crippen LogP contribution >= 0.6 is 0 Å². The van der Waals surface area contributed by atoms with Gasteiger partial charge in [0, 0.05) is 5.92 Å². The van der Waals surface area contributed by atoms with Crippen LogP contribution in [-0.4, -0.2) is 26.0 Å². The van der Waals surface area contributed by atoms with Crippen LogP contribution in [0.1, 0.15) is 19.4 Å². The van der Waals surface area contributed by atoms with Crippen LogP contribution in [0.5, 0.6) is 5.75 Å². The summed E-state index contributed by atoms with van der Waals surface area (Å²) in [4.78, 5) is 11.2. The van der Waals surface area contributed by atoms with Gasteiger partial charge in [-0.2, -0.15) is 8.42 Å². The first-order chi connectivity index (χ1) is 9.72. The van der Waals surface area contributed by atoms with Crippen LogP contribution in [0.25, 0.3) is 0 Å². The summed E-state index contributed by atoms with van der Waals surface area (Å²) in [6.45, 7) is 3.05. The Labute approximate surface area is 121 Å². The third-order valence-corrected chi connectivity index (χ3v) is 4.04. The van der Waals surface area contributed by atoms with Crippen LogP contribution in [-0.2, 0) is 15.0 Å². The molecule has 0 atom stereocenters. The Morgan fingerprint density at radius 3 is 2.62 bits per heavy atom. The van der Waals surface area contributed by atoms with Crippen LogP contribution < -0.4 is 9.03 Å². The van der Waals surface area contributed by atoms with Crippen molar-refractivity contribution in [2.45, 2.75) is 13.8 Å². The molecule has 0 aromatic heterocycles. The Bertz CT molecular complexity index is 762. The maximum Gasteiger partial charge on any atom is 0.326 e. The molecule has 0 bridgehead atoms. The molecular formula is C13H13FN2O4S. The molecule has 0 radical (unpaired) electrons. The molecule has 112 valence electrons. The molecule has 0 spiro atoms. The minimum Gasteiger partial charge on any atom is -0.506 e. The average molecular weight is 312 g/mol. The zero-order valence-corrected chi connectivity index (χ0v) is 12.2. The number of carbonyl (C=O) groups excluding carboxylic acids is 1. The van der Waals surface area contributed by atoms with Crippen LogP contribution in [0.2, 0.25) is 0 Å². The van der Waals surface area contributed by atoms with Crippen LogP contribution in [0, 0.1) is 23.6 Å². The van der Waals surface area contributed by atoms with E-state index in [1.54, 1.807) is 4.72 Å². The van der Waals surface area contributed by atoms with Gasteiger partial charge >= 0.3 is 10.2 Å². The van der Waals surface area contributed by atoms with E-state index in [-0.39, 0.29) is 11.5 Å².